The summed E-state index contributed by atoms with van der Waals surface area (Å²) in [5.41, 5.74) is 0.767. The first kappa shape index (κ1) is 18.0. The quantitative estimate of drug-likeness (QED) is 0.398. The van der Waals surface area contributed by atoms with Crippen LogP contribution in [0.2, 0.25) is 0 Å². The maximum atomic E-state index is 11.8. The van der Waals surface area contributed by atoms with Gasteiger partial charge in [0.1, 0.15) is 5.76 Å². The lowest BCUT2D eigenvalue weighted by Gasteiger charge is -2.11. The highest BCUT2D eigenvalue weighted by Gasteiger charge is 2.04. The Bertz CT molecular complexity index is 585. The third kappa shape index (κ3) is 6.17. The molecule has 0 fully saturated rings. The van der Waals surface area contributed by atoms with E-state index >= 15 is 0 Å². The molecule has 1 heterocycles. The molecule has 1 aromatic heterocycles. The molecule has 6 nitrogen and oxygen atoms in total. The van der Waals surface area contributed by atoms with Gasteiger partial charge in [0.2, 0.25) is 5.91 Å². The van der Waals surface area contributed by atoms with Gasteiger partial charge >= 0.3 is 0 Å². The van der Waals surface area contributed by atoms with Crippen LogP contribution < -0.4 is 16.0 Å². The van der Waals surface area contributed by atoms with Crippen LogP contribution in [0.25, 0.3) is 0 Å². The highest BCUT2D eigenvalue weighted by atomic mass is 127. The van der Waals surface area contributed by atoms with Crippen LogP contribution in [-0.2, 0) is 11.3 Å². The molecule has 0 radical (unpaired) electrons. The maximum absolute atomic E-state index is 11.8. The number of rotatable bonds is 5. The summed E-state index contributed by atoms with van der Waals surface area (Å²) < 4.78 is 5.21. The number of carbonyl (C=O) groups excluding carboxylic acids is 1. The van der Waals surface area contributed by atoms with Gasteiger partial charge in [-0.05, 0) is 24.3 Å². The molecule has 0 atom stereocenters. The molecule has 2 rings (SSSR count). The van der Waals surface area contributed by atoms with E-state index in [-0.39, 0.29) is 36.4 Å². The Morgan fingerprint density at radius 3 is 2.55 bits per heavy atom. The zero-order chi connectivity index (χ0) is 14.9. The van der Waals surface area contributed by atoms with Crippen molar-refractivity contribution in [2.45, 2.75) is 6.54 Å². The lowest BCUT2D eigenvalue weighted by Crippen LogP contribution is -2.41. The van der Waals surface area contributed by atoms with Gasteiger partial charge in [0.05, 0.1) is 19.4 Å². The molecule has 3 N–H and O–H groups in total. The van der Waals surface area contributed by atoms with Crippen molar-refractivity contribution in [2.75, 3.05) is 18.9 Å². The number of carbonyl (C=O) groups is 1. The van der Waals surface area contributed by atoms with Gasteiger partial charge in [-0.15, -0.1) is 24.0 Å². The Balaban J connectivity index is 0.00000242. The van der Waals surface area contributed by atoms with Crippen LogP contribution in [-0.4, -0.2) is 25.5 Å². The molecule has 1 aromatic carbocycles. The zero-order valence-electron chi connectivity index (χ0n) is 12.2. The number of nitrogens with one attached hydrogen (secondary N) is 3. The number of hydrogen-bond acceptors (Lipinski definition) is 3. The Kier molecular flexibility index (Phi) is 8.05. The Morgan fingerprint density at radius 1 is 1.14 bits per heavy atom. The van der Waals surface area contributed by atoms with Crippen molar-refractivity contribution in [3.8, 4) is 0 Å². The summed E-state index contributed by atoms with van der Waals surface area (Å²) in [6.45, 7) is 0.639. The highest BCUT2D eigenvalue weighted by Crippen LogP contribution is 2.03. The lowest BCUT2D eigenvalue weighted by molar-refractivity contribution is -0.115. The second-order valence-electron chi connectivity index (χ2n) is 4.27. The number of halogens is 1. The van der Waals surface area contributed by atoms with E-state index in [2.05, 4.69) is 20.9 Å². The molecule has 0 bridgehead atoms. The van der Waals surface area contributed by atoms with Gasteiger partial charge in [-0.1, -0.05) is 18.2 Å². The lowest BCUT2D eigenvalue weighted by atomic mass is 10.3. The average Bonchev–Trinajstić information content (AvgIpc) is 3.02. The highest BCUT2D eigenvalue weighted by molar-refractivity contribution is 14.0. The smallest absolute Gasteiger partial charge is 0.243 e. The topological polar surface area (TPSA) is 78.7 Å². The predicted octanol–water partition coefficient (Wildman–Crippen LogP) is 2.20. The van der Waals surface area contributed by atoms with Crippen molar-refractivity contribution in [1.82, 2.24) is 10.6 Å². The van der Waals surface area contributed by atoms with Gasteiger partial charge in [-0.3, -0.25) is 9.79 Å². The largest absolute Gasteiger partial charge is 0.467 e. The molecule has 7 heteroatoms. The summed E-state index contributed by atoms with van der Waals surface area (Å²) in [5, 5.41) is 8.78. The summed E-state index contributed by atoms with van der Waals surface area (Å²) >= 11 is 0. The minimum atomic E-state index is -0.137. The number of benzene rings is 1. The number of anilines is 1. The van der Waals surface area contributed by atoms with Gasteiger partial charge in [0.15, 0.2) is 5.96 Å². The molecule has 0 aliphatic heterocycles. The van der Waals surface area contributed by atoms with E-state index in [1.54, 1.807) is 13.3 Å². The third-order valence-electron chi connectivity index (χ3n) is 2.71. The fourth-order valence-electron chi connectivity index (χ4n) is 1.70. The Morgan fingerprint density at radius 2 is 1.91 bits per heavy atom. The molecule has 118 valence electrons. The normalized spacial score (nSPS) is 10.5. The fraction of sp³-hybridized carbons (Fsp3) is 0.200. The van der Waals surface area contributed by atoms with E-state index in [0.29, 0.717) is 12.5 Å². The van der Waals surface area contributed by atoms with Crippen LogP contribution in [0.4, 0.5) is 5.69 Å². The molecule has 0 saturated carbocycles. The monoisotopic (exact) mass is 414 g/mol. The van der Waals surface area contributed by atoms with Crippen molar-refractivity contribution >= 4 is 41.5 Å². The number of furan rings is 1. The molecular weight excluding hydrogens is 395 g/mol. The van der Waals surface area contributed by atoms with Gasteiger partial charge < -0.3 is 20.4 Å². The molecule has 0 aliphatic carbocycles. The van der Waals surface area contributed by atoms with E-state index in [4.69, 9.17) is 4.42 Å². The summed E-state index contributed by atoms with van der Waals surface area (Å²) in [7, 11) is 1.65. The van der Waals surface area contributed by atoms with Crippen molar-refractivity contribution < 1.29 is 9.21 Å². The van der Waals surface area contributed by atoms with E-state index in [1.165, 1.54) is 0 Å². The number of amides is 1. The number of guanidine groups is 1. The Hall–Kier alpha value is -2.03. The van der Waals surface area contributed by atoms with Crippen molar-refractivity contribution in [1.29, 1.82) is 0 Å². The summed E-state index contributed by atoms with van der Waals surface area (Å²) in [5.74, 6) is 1.20. The predicted molar refractivity (Wildman–Crippen MR) is 97.4 cm³/mol. The molecule has 22 heavy (non-hydrogen) atoms. The van der Waals surface area contributed by atoms with Crippen LogP contribution in [0.3, 0.4) is 0 Å². The number of hydrogen-bond donors (Lipinski definition) is 3. The van der Waals surface area contributed by atoms with Crippen molar-refractivity contribution in [3.63, 3.8) is 0 Å². The Labute approximate surface area is 146 Å². The van der Waals surface area contributed by atoms with Crippen molar-refractivity contribution in [3.05, 3.63) is 54.5 Å². The van der Waals surface area contributed by atoms with Gasteiger partial charge in [-0.25, -0.2) is 0 Å². The number of nitrogens with zero attached hydrogens (tertiary/aromatic N) is 1. The van der Waals surface area contributed by atoms with E-state index in [1.807, 2.05) is 42.5 Å². The molecular formula is C15H19IN4O2. The first-order chi connectivity index (χ1) is 10.3. The van der Waals surface area contributed by atoms with Gasteiger partial charge in [-0.2, -0.15) is 0 Å². The van der Waals surface area contributed by atoms with E-state index in [0.717, 1.165) is 11.4 Å². The van der Waals surface area contributed by atoms with Gasteiger partial charge in [0.25, 0.3) is 0 Å². The zero-order valence-corrected chi connectivity index (χ0v) is 14.5. The minimum absolute atomic E-state index is 0. The van der Waals surface area contributed by atoms with Crippen LogP contribution in [0.5, 0.6) is 0 Å². The minimum Gasteiger partial charge on any atom is -0.467 e. The second kappa shape index (κ2) is 9.82. The number of para-hydroxylation sites is 1. The van der Waals surface area contributed by atoms with Crippen LogP contribution in [0.1, 0.15) is 5.76 Å². The van der Waals surface area contributed by atoms with E-state index in [9.17, 15) is 4.79 Å². The fourth-order valence-corrected chi connectivity index (χ4v) is 1.70. The van der Waals surface area contributed by atoms with E-state index < -0.39 is 0 Å². The summed E-state index contributed by atoms with van der Waals surface area (Å²) in [6.07, 6.45) is 1.61. The maximum Gasteiger partial charge on any atom is 0.243 e. The molecule has 0 aliphatic rings. The number of aliphatic imine (C=N–C) groups is 1. The first-order valence-electron chi connectivity index (χ1n) is 6.60. The first-order valence-corrected chi connectivity index (χ1v) is 6.60. The molecule has 0 saturated heterocycles. The second-order valence-corrected chi connectivity index (χ2v) is 4.27. The summed E-state index contributed by atoms with van der Waals surface area (Å²) in [4.78, 5) is 15.8. The van der Waals surface area contributed by atoms with Gasteiger partial charge in [0, 0.05) is 12.7 Å². The van der Waals surface area contributed by atoms with Crippen molar-refractivity contribution in [2.24, 2.45) is 4.99 Å². The average molecular weight is 414 g/mol. The third-order valence-corrected chi connectivity index (χ3v) is 2.71. The molecule has 1 amide bonds. The molecule has 0 spiro atoms. The van der Waals surface area contributed by atoms with Crippen LogP contribution in [0.15, 0.2) is 58.1 Å². The van der Waals surface area contributed by atoms with Crippen LogP contribution >= 0.6 is 24.0 Å². The summed E-state index contributed by atoms with van der Waals surface area (Å²) in [6, 6.07) is 13.0. The van der Waals surface area contributed by atoms with Crippen LogP contribution in [0, 0.1) is 0 Å². The standard InChI is InChI=1S/C15H18N4O2.HI/c1-16-15(17-10-13-8-5-9-21-13)18-11-14(20)19-12-6-3-2-4-7-12;/h2-9H,10-11H2,1H3,(H,19,20)(H2,16,17,18);1H. The molecule has 0 unspecified atom stereocenters. The SMILES string of the molecule is CN=C(NCC(=O)Nc1ccccc1)NCc1ccco1.I. The molecule has 2 aromatic rings.